The van der Waals surface area contributed by atoms with E-state index in [0.29, 0.717) is 34.0 Å². The predicted molar refractivity (Wildman–Crippen MR) is 91.1 cm³/mol. The summed E-state index contributed by atoms with van der Waals surface area (Å²) in [6, 6.07) is 9.07. The first-order valence-corrected chi connectivity index (χ1v) is 7.51. The van der Waals surface area contributed by atoms with Crippen molar-refractivity contribution in [3.05, 3.63) is 64.5 Å². The maximum atomic E-state index is 6.11. The molecule has 0 saturated heterocycles. The van der Waals surface area contributed by atoms with Crippen LogP contribution in [0.1, 0.15) is 5.56 Å². The molecule has 116 valence electrons. The Hall–Kier alpha value is -2.44. The summed E-state index contributed by atoms with van der Waals surface area (Å²) in [4.78, 5) is 8.39. The van der Waals surface area contributed by atoms with Crippen LogP contribution in [0.5, 0.6) is 0 Å². The predicted octanol–water partition coefficient (Wildman–Crippen LogP) is 3.93. The molecule has 0 amide bonds. The summed E-state index contributed by atoms with van der Waals surface area (Å²) in [5.74, 6) is 0.880. The molecule has 0 fully saturated rings. The zero-order valence-electron chi connectivity index (χ0n) is 11.9. The minimum Gasteiger partial charge on any atom is -0.364 e. The van der Waals surface area contributed by atoms with Crippen molar-refractivity contribution in [1.82, 2.24) is 20.2 Å². The Morgan fingerprint density at radius 1 is 1.00 bits per heavy atom. The molecule has 0 unspecified atom stereocenters. The van der Waals surface area contributed by atoms with Gasteiger partial charge in [-0.15, -0.1) is 5.10 Å². The normalized spacial score (nSPS) is 10.3. The van der Waals surface area contributed by atoms with Gasteiger partial charge in [-0.3, -0.25) is 4.98 Å². The van der Waals surface area contributed by atoms with Crippen molar-refractivity contribution in [3.63, 3.8) is 0 Å². The van der Waals surface area contributed by atoms with Gasteiger partial charge >= 0.3 is 0 Å². The zero-order valence-corrected chi connectivity index (χ0v) is 13.4. The minimum atomic E-state index is 0.302. The molecule has 0 saturated carbocycles. The maximum absolute atomic E-state index is 6.11. The van der Waals surface area contributed by atoms with Crippen LogP contribution < -0.4 is 10.6 Å². The molecule has 0 aliphatic heterocycles. The van der Waals surface area contributed by atoms with Gasteiger partial charge < -0.3 is 10.6 Å². The number of rotatable bonds is 5. The van der Waals surface area contributed by atoms with E-state index in [0.717, 1.165) is 5.56 Å². The number of benzene rings is 1. The Morgan fingerprint density at radius 3 is 2.57 bits per heavy atom. The third-order valence-corrected chi connectivity index (χ3v) is 3.58. The van der Waals surface area contributed by atoms with Crippen LogP contribution in [0.4, 0.5) is 17.5 Å². The summed E-state index contributed by atoms with van der Waals surface area (Å²) in [7, 11) is 0. The average molecular weight is 347 g/mol. The largest absolute Gasteiger partial charge is 0.364 e. The molecule has 6 nitrogen and oxygen atoms in total. The Labute approximate surface area is 142 Å². The summed E-state index contributed by atoms with van der Waals surface area (Å²) in [6.07, 6.45) is 5.05. The molecule has 1 aromatic carbocycles. The fourth-order valence-electron chi connectivity index (χ4n) is 1.87. The Kier molecular flexibility index (Phi) is 4.85. The highest BCUT2D eigenvalue weighted by Crippen LogP contribution is 2.31. The van der Waals surface area contributed by atoms with Crippen molar-refractivity contribution in [2.45, 2.75) is 6.54 Å². The van der Waals surface area contributed by atoms with Crippen LogP contribution in [-0.4, -0.2) is 20.2 Å². The Morgan fingerprint density at radius 2 is 1.83 bits per heavy atom. The summed E-state index contributed by atoms with van der Waals surface area (Å²) in [5, 5.41) is 14.9. The van der Waals surface area contributed by atoms with Crippen LogP contribution in [0.2, 0.25) is 10.0 Å². The van der Waals surface area contributed by atoms with E-state index in [1.165, 1.54) is 6.20 Å². The van der Waals surface area contributed by atoms with Crippen LogP contribution in [0.25, 0.3) is 0 Å². The van der Waals surface area contributed by atoms with Crippen molar-refractivity contribution < 1.29 is 0 Å². The molecule has 2 heterocycles. The van der Waals surface area contributed by atoms with Crippen molar-refractivity contribution >= 4 is 40.7 Å². The lowest BCUT2D eigenvalue weighted by molar-refractivity contribution is 0.964. The molecular formula is C15H12Cl2N6. The smallest absolute Gasteiger partial charge is 0.249 e. The summed E-state index contributed by atoms with van der Waals surface area (Å²) >= 11 is 12.2. The van der Waals surface area contributed by atoms with Gasteiger partial charge in [-0.05, 0) is 23.8 Å². The van der Waals surface area contributed by atoms with Crippen LogP contribution >= 0.6 is 23.2 Å². The summed E-state index contributed by atoms with van der Waals surface area (Å²) < 4.78 is 0. The first-order chi connectivity index (χ1) is 11.2. The first kappa shape index (κ1) is 15.5. The highest BCUT2D eigenvalue weighted by Gasteiger charge is 2.08. The molecule has 3 aromatic rings. The number of halogens is 2. The topological polar surface area (TPSA) is 75.6 Å². The monoisotopic (exact) mass is 346 g/mol. The second-order valence-electron chi connectivity index (χ2n) is 4.60. The van der Waals surface area contributed by atoms with Gasteiger partial charge in [0.25, 0.3) is 0 Å². The summed E-state index contributed by atoms with van der Waals surface area (Å²) in [6.45, 7) is 0.582. The van der Waals surface area contributed by atoms with Crippen LogP contribution in [0.15, 0.2) is 48.9 Å². The number of hydrogen-bond acceptors (Lipinski definition) is 6. The first-order valence-electron chi connectivity index (χ1n) is 6.76. The van der Waals surface area contributed by atoms with E-state index in [1.807, 2.05) is 12.1 Å². The fourth-order valence-corrected chi connectivity index (χ4v) is 2.36. The number of anilines is 3. The van der Waals surface area contributed by atoms with Crippen molar-refractivity contribution in [2.24, 2.45) is 0 Å². The fraction of sp³-hybridized carbons (Fsp3) is 0.0667. The third kappa shape index (κ3) is 4.06. The van der Waals surface area contributed by atoms with Gasteiger partial charge in [0.1, 0.15) is 0 Å². The molecule has 2 N–H and O–H groups in total. The standard InChI is InChI=1S/C15H12Cl2N6/c16-11-4-1-5-12(17)14(11)22-15-21-13(9-20-23-15)19-8-10-3-2-6-18-7-10/h1-7,9H,8H2,(H2,19,21,22,23). The van der Waals surface area contributed by atoms with E-state index in [1.54, 1.807) is 30.6 Å². The lowest BCUT2D eigenvalue weighted by Gasteiger charge is -2.10. The van der Waals surface area contributed by atoms with Crippen LogP contribution in [0, 0.1) is 0 Å². The van der Waals surface area contributed by atoms with Gasteiger partial charge in [-0.1, -0.05) is 35.3 Å². The second-order valence-corrected chi connectivity index (χ2v) is 5.42. The number of aromatic nitrogens is 4. The van der Waals surface area contributed by atoms with E-state index in [-0.39, 0.29) is 0 Å². The lowest BCUT2D eigenvalue weighted by atomic mass is 10.3. The molecule has 8 heteroatoms. The minimum absolute atomic E-state index is 0.302. The quantitative estimate of drug-likeness (QED) is 0.728. The highest BCUT2D eigenvalue weighted by molar-refractivity contribution is 6.39. The highest BCUT2D eigenvalue weighted by atomic mass is 35.5. The Balaban J connectivity index is 1.72. The Bertz CT molecular complexity index is 777. The number of hydrogen-bond donors (Lipinski definition) is 2. The van der Waals surface area contributed by atoms with Gasteiger partial charge in [0.05, 0.1) is 21.9 Å². The molecule has 0 aliphatic rings. The van der Waals surface area contributed by atoms with Crippen LogP contribution in [-0.2, 0) is 6.54 Å². The molecule has 0 aliphatic carbocycles. The maximum Gasteiger partial charge on any atom is 0.249 e. The molecule has 3 rings (SSSR count). The SMILES string of the molecule is Clc1cccc(Cl)c1Nc1nncc(NCc2cccnc2)n1. The number of para-hydroxylation sites is 1. The van der Waals surface area contributed by atoms with Gasteiger partial charge in [-0.25, -0.2) is 0 Å². The van der Waals surface area contributed by atoms with Crippen molar-refractivity contribution in [3.8, 4) is 0 Å². The van der Waals surface area contributed by atoms with Gasteiger partial charge in [0.15, 0.2) is 5.82 Å². The van der Waals surface area contributed by atoms with Crippen molar-refractivity contribution in [1.29, 1.82) is 0 Å². The lowest BCUT2D eigenvalue weighted by Crippen LogP contribution is -2.06. The average Bonchev–Trinajstić information content (AvgIpc) is 2.58. The second kappa shape index (κ2) is 7.21. The number of nitrogens with zero attached hydrogens (tertiary/aromatic N) is 4. The van der Waals surface area contributed by atoms with Gasteiger partial charge in [0.2, 0.25) is 5.95 Å². The molecule has 0 bridgehead atoms. The molecule has 0 spiro atoms. The summed E-state index contributed by atoms with van der Waals surface area (Å²) in [5.41, 5.74) is 1.58. The molecule has 23 heavy (non-hydrogen) atoms. The number of nitrogens with one attached hydrogen (secondary N) is 2. The zero-order chi connectivity index (χ0) is 16.1. The molecule has 2 aromatic heterocycles. The van der Waals surface area contributed by atoms with E-state index in [2.05, 4.69) is 30.8 Å². The van der Waals surface area contributed by atoms with Gasteiger partial charge in [-0.2, -0.15) is 10.1 Å². The molecule has 0 atom stereocenters. The molecule has 0 radical (unpaired) electrons. The third-order valence-electron chi connectivity index (χ3n) is 2.95. The van der Waals surface area contributed by atoms with E-state index in [4.69, 9.17) is 23.2 Å². The number of pyridine rings is 1. The van der Waals surface area contributed by atoms with E-state index >= 15 is 0 Å². The van der Waals surface area contributed by atoms with E-state index in [9.17, 15) is 0 Å². The molecular weight excluding hydrogens is 335 g/mol. The van der Waals surface area contributed by atoms with Crippen LogP contribution in [0.3, 0.4) is 0 Å². The van der Waals surface area contributed by atoms with Gasteiger partial charge in [0, 0.05) is 18.9 Å². The van der Waals surface area contributed by atoms with Crippen molar-refractivity contribution in [2.75, 3.05) is 10.6 Å². The van der Waals surface area contributed by atoms with E-state index < -0.39 is 0 Å².